The van der Waals surface area contributed by atoms with Gasteiger partial charge in [-0.25, -0.2) is 4.39 Å². The summed E-state index contributed by atoms with van der Waals surface area (Å²) in [5.41, 5.74) is 1.20. The Morgan fingerprint density at radius 1 is 0.958 bits per heavy atom. The molecule has 0 radical (unpaired) electrons. The third-order valence-electron chi connectivity index (χ3n) is 3.46. The van der Waals surface area contributed by atoms with Crippen molar-refractivity contribution < 1.29 is 14.0 Å². The number of nitrogens with one attached hydrogen (secondary N) is 2. The van der Waals surface area contributed by atoms with E-state index in [-0.39, 0.29) is 24.2 Å². The molecule has 2 aromatic rings. The molecule has 0 heterocycles. The van der Waals surface area contributed by atoms with Crippen molar-refractivity contribution in [2.75, 3.05) is 6.54 Å². The zero-order valence-corrected chi connectivity index (χ0v) is 13.8. The Hall–Kier alpha value is -2.69. The van der Waals surface area contributed by atoms with Gasteiger partial charge in [-0.2, -0.15) is 0 Å². The van der Waals surface area contributed by atoms with Crippen LogP contribution in [0.4, 0.5) is 4.39 Å². The van der Waals surface area contributed by atoms with Crippen LogP contribution in [0.5, 0.6) is 0 Å². The second kappa shape index (κ2) is 8.24. The maximum absolute atomic E-state index is 13.6. The SMILES string of the molecule is CC(C)CNC(=O)c1cccc(C(=O)NCc2ccccc2F)c1. The Morgan fingerprint density at radius 3 is 2.21 bits per heavy atom. The van der Waals surface area contributed by atoms with Crippen LogP contribution in [0.15, 0.2) is 48.5 Å². The van der Waals surface area contributed by atoms with Gasteiger partial charge in [0.2, 0.25) is 0 Å². The minimum Gasteiger partial charge on any atom is -0.352 e. The fraction of sp³-hybridized carbons (Fsp3) is 0.263. The molecule has 2 rings (SSSR count). The van der Waals surface area contributed by atoms with Crippen molar-refractivity contribution in [3.63, 3.8) is 0 Å². The van der Waals surface area contributed by atoms with Crippen LogP contribution in [0.3, 0.4) is 0 Å². The van der Waals surface area contributed by atoms with Gasteiger partial charge in [0.1, 0.15) is 5.82 Å². The largest absolute Gasteiger partial charge is 0.352 e. The number of halogens is 1. The van der Waals surface area contributed by atoms with E-state index in [0.717, 1.165) is 0 Å². The molecule has 0 aliphatic heterocycles. The van der Waals surface area contributed by atoms with Gasteiger partial charge in [0.25, 0.3) is 11.8 Å². The Morgan fingerprint density at radius 2 is 1.58 bits per heavy atom. The van der Waals surface area contributed by atoms with Crippen LogP contribution in [0.25, 0.3) is 0 Å². The first-order valence-corrected chi connectivity index (χ1v) is 7.87. The van der Waals surface area contributed by atoms with Crippen LogP contribution in [-0.4, -0.2) is 18.4 Å². The number of carbonyl (C=O) groups is 2. The van der Waals surface area contributed by atoms with Crippen molar-refractivity contribution in [2.24, 2.45) is 5.92 Å². The molecule has 2 amide bonds. The highest BCUT2D eigenvalue weighted by Crippen LogP contribution is 2.08. The van der Waals surface area contributed by atoms with E-state index >= 15 is 0 Å². The van der Waals surface area contributed by atoms with Gasteiger partial charge in [-0.3, -0.25) is 9.59 Å². The topological polar surface area (TPSA) is 58.2 Å². The molecule has 0 saturated heterocycles. The lowest BCUT2D eigenvalue weighted by atomic mass is 10.1. The van der Waals surface area contributed by atoms with Gasteiger partial charge in [-0.15, -0.1) is 0 Å². The molecule has 0 aromatic heterocycles. The van der Waals surface area contributed by atoms with E-state index in [1.165, 1.54) is 12.1 Å². The Bertz CT molecular complexity index is 729. The molecule has 2 aromatic carbocycles. The van der Waals surface area contributed by atoms with Crippen molar-refractivity contribution in [2.45, 2.75) is 20.4 Å². The summed E-state index contributed by atoms with van der Waals surface area (Å²) in [6.07, 6.45) is 0. The minimum atomic E-state index is -0.361. The third kappa shape index (κ3) is 4.91. The highest BCUT2D eigenvalue weighted by atomic mass is 19.1. The van der Waals surface area contributed by atoms with Crippen LogP contribution < -0.4 is 10.6 Å². The number of rotatable bonds is 6. The summed E-state index contributed by atoms with van der Waals surface area (Å²) in [7, 11) is 0. The van der Waals surface area contributed by atoms with E-state index in [2.05, 4.69) is 10.6 Å². The summed E-state index contributed by atoms with van der Waals surface area (Å²) in [5.74, 6) is -0.579. The van der Waals surface area contributed by atoms with Crippen molar-refractivity contribution in [1.29, 1.82) is 0 Å². The monoisotopic (exact) mass is 328 g/mol. The highest BCUT2D eigenvalue weighted by molar-refractivity contribution is 5.99. The number of hydrogen-bond acceptors (Lipinski definition) is 2. The van der Waals surface area contributed by atoms with E-state index < -0.39 is 0 Å². The van der Waals surface area contributed by atoms with E-state index in [1.807, 2.05) is 13.8 Å². The summed E-state index contributed by atoms with van der Waals surface area (Å²) in [6, 6.07) is 12.7. The molecule has 0 aliphatic rings. The average Bonchev–Trinajstić information content (AvgIpc) is 2.58. The van der Waals surface area contributed by atoms with Crippen molar-refractivity contribution in [1.82, 2.24) is 10.6 Å². The molecule has 126 valence electrons. The summed E-state index contributed by atoms with van der Waals surface area (Å²) >= 11 is 0. The van der Waals surface area contributed by atoms with Gasteiger partial charge < -0.3 is 10.6 Å². The normalized spacial score (nSPS) is 10.5. The van der Waals surface area contributed by atoms with Gasteiger partial charge in [-0.1, -0.05) is 38.1 Å². The molecule has 24 heavy (non-hydrogen) atoms. The summed E-state index contributed by atoms with van der Waals surface area (Å²) < 4.78 is 13.6. The fourth-order valence-corrected chi connectivity index (χ4v) is 2.12. The van der Waals surface area contributed by atoms with Crippen LogP contribution in [0.1, 0.15) is 40.1 Å². The molecule has 0 bridgehead atoms. The van der Waals surface area contributed by atoms with E-state index in [0.29, 0.717) is 29.2 Å². The highest BCUT2D eigenvalue weighted by Gasteiger charge is 2.11. The predicted octanol–water partition coefficient (Wildman–Crippen LogP) is 3.14. The lowest BCUT2D eigenvalue weighted by Gasteiger charge is -2.09. The molecular weight excluding hydrogens is 307 g/mol. The first-order chi connectivity index (χ1) is 11.5. The van der Waals surface area contributed by atoms with Gasteiger partial charge in [0.15, 0.2) is 0 Å². The molecule has 4 nitrogen and oxygen atoms in total. The average molecular weight is 328 g/mol. The van der Waals surface area contributed by atoms with E-state index in [4.69, 9.17) is 0 Å². The van der Waals surface area contributed by atoms with E-state index in [9.17, 15) is 14.0 Å². The Balaban J connectivity index is 2.01. The van der Waals surface area contributed by atoms with Crippen molar-refractivity contribution >= 4 is 11.8 Å². The molecule has 5 heteroatoms. The predicted molar refractivity (Wildman–Crippen MR) is 91.2 cm³/mol. The van der Waals surface area contributed by atoms with Crippen LogP contribution in [0.2, 0.25) is 0 Å². The first kappa shape index (κ1) is 17.7. The molecule has 0 fully saturated rings. The summed E-state index contributed by atoms with van der Waals surface area (Å²) in [5, 5.41) is 5.47. The van der Waals surface area contributed by atoms with Gasteiger partial charge in [-0.05, 0) is 30.2 Å². The molecular formula is C19H21FN2O2. The zero-order chi connectivity index (χ0) is 17.5. The molecule has 0 aliphatic carbocycles. The quantitative estimate of drug-likeness (QED) is 0.856. The molecule has 0 atom stereocenters. The van der Waals surface area contributed by atoms with Gasteiger partial charge >= 0.3 is 0 Å². The lowest BCUT2D eigenvalue weighted by molar-refractivity contribution is 0.0949. The number of hydrogen-bond donors (Lipinski definition) is 2. The summed E-state index contributed by atoms with van der Waals surface area (Å²) in [4.78, 5) is 24.3. The van der Waals surface area contributed by atoms with E-state index in [1.54, 1.807) is 36.4 Å². The van der Waals surface area contributed by atoms with Gasteiger partial charge in [0, 0.05) is 29.8 Å². The first-order valence-electron chi connectivity index (χ1n) is 7.87. The smallest absolute Gasteiger partial charge is 0.251 e. The maximum Gasteiger partial charge on any atom is 0.251 e. The number of benzene rings is 2. The maximum atomic E-state index is 13.6. The number of carbonyl (C=O) groups excluding carboxylic acids is 2. The lowest BCUT2D eigenvalue weighted by Crippen LogP contribution is -2.28. The standard InChI is InChI=1S/C19H21FN2O2/c1-13(2)11-21-18(23)14-7-5-8-15(10-14)19(24)22-12-16-6-3-4-9-17(16)20/h3-10,13H,11-12H2,1-2H3,(H,21,23)(H,22,24). The second-order valence-corrected chi connectivity index (χ2v) is 5.96. The van der Waals surface area contributed by atoms with Crippen LogP contribution >= 0.6 is 0 Å². The molecule has 0 spiro atoms. The second-order valence-electron chi connectivity index (χ2n) is 5.96. The van der Waals surface area contributed by atoms with Crippen molar-refractivity contribution in [3.05, 3.63) is 71.0 Å². The fourth-order valence-electron chi connectivity index (χ4n) is 2.12. The third-order valence-corrected chi connectivity index (χ3v) is 3.46. The summed E-state index contributed by atoms with van der Waals surface area (Å²) in [6.45, 7) is 4.68. The van der Waals surface area contributed by atoms with Crippen LogP contribution in [0, 0.1) is 11.7 Å². The van der Waals surface area contributed by atoms with Crippen molar-refractivity contribution in [3.8, 4) is 0 Å². The Kier molecular flexibility index (Phi) is 6.07. The minimum absolute atomic E-state index is 0.0925. The molecule has 0 saturated carbocycles. The Labute approximate surface area is 141 Å². The molecule has 2 N–H and O–H groups in total. The number of amides is 2. The zero-order valence-electron chi connectivity index (χ0n) is 13.8. The molecule has 0 unspecified atom stereocenters. The van der Waals surface area contributed by atoms with Gasteiger partial charge in [0.05, 0.1) is 0 Å². The van der Waals surface area contributed by atoms with Crippen LogP contribution in [-0.2, 0) is 6.54 Å².